The monoisotopic (exact) mass is 368 g/mol. The Morgan fingerprint density at radius 3 is 2.86 bits per heavy atom. The van der Waals surface area contributed by atoms with Crippen LogP contribution in [0.1, 0.15) is 12.8 Å². The van der Waals surface area contributed by atoms with E-state index in [0.29, 0.717) is 11.7 Å². The lowest BCUT2D eigenvalue weighted by Gasteiger charge is -2.10. The third-order valence-electron chi connectivity index (χ3n) is 2.19. The van der Waals surface area contributed by atoms with Crippen molar-refractivity contribution < 1.29 is 9.84 Å². The number of aromatic hydroxyl groups is 1. The van der Waals surface area contributed by atoms with E-state index in [1.54, 1.807) is 6.07 Å². The molecule has 1 aromatic carbocycles. The summed E-state index contributed by atoms with van der Waals surface area (Å²) in [6, 6.07) is 3.47. The van der Waals surface area contributed by atoms with Gasteiger partial charge in [-0.2, -0.15) is 0 Å². The zero-order valence-corrected chi connectivity index (χ0v) is 11.2. The maximum absolute atomic E-state index is 9.60. The summed E-state index contributed by atoms with van der Waals surface area (Å²) in [5.41, 5.74) is 0. The van der Waals surface area contributed by atoms with E-state index in [1.807, 2.05) is 6.07 Å². The van der Waals surface area contributed by atoms with Crippen LogP contribution in [0, 0.1) is 9.49 Å². The van der Waals surface area contributed by atoms with E-state index < -0.39 is 0 Å². The summed E-state index contributed by atoms with van der Waals surface area (Å²) in [6.07, 6.45) is 2.51. The smallest absolute Gasteiger partial charge is 0.175 e. The minimum Gasteiger partial charge on any atom is -0.504 e. The molecule has 0 atom stereocenters. The fourth-order valence-electron chi connectivity index (χ4n) is 1.14. The highest BCUT2D eigenvalue weighted by atomic mass is 127. The lowest BCUT2D eigenvalue weighted by atomic mass is 10.3. The van der Waals surface area contributed by atoms with Gasteiger partial charge in [-0.15, -0.1) is 0 Å². The van der Waals surface area contributed by atoms with Gasteiger partial charge >= 0.3 is 0 Å². The SMILES string of the molecule is Oc1ccc(Br)c(I)c1OCC1CC1. The van der Waals surface area contributed by atoms with Gasteiger partial charge in [0.1, 0.15) is 0 Å². The van der Waals surface area contributed by atoms with Gasteiger partial charge in [-0.25, -0.2) is 0 Å². The number of phenols is 1. The normalized spacial score (nSPS) is 15.6. The number of hydrogen-bond acceptors (Lipinski definition) is 2. The number of halogens is 2. The third kappa shape index (κ3) is 2.34. The van der Waals surface area contributed by atoms with Crippen molar-refractivity contribution in [2.75, 3.05) is 6.61 Å². The maximum Gasteiger partial charge on any atom is 0.175 e. The first-order valence-electron chi connectivity index (χ1n) is 4.48. The highest BCUT2D eigenvalue weighted by Crippen LogP contribution is 2.38. The molecule has 1 saturated carbocycles. The Morgan fingerprint density at radius 1 is 1.50 bits per heavy atom. The first-order chi connectivity index (χ1) is 6.68. The molecule has 0 aromatic heterocycles. The van der Waals surface area contributed by atoms with Gasteiger partial charge in [0.2, 0.25) is 0 Å². The molecule has 0 spiro atoms. The van der Waals surface area contributed by atoms with Crippen molar-refractivity contribution in [3.63, 3.8) is 0 Å². The molecule has 2 nitrogen and oxygen atoms in total. The lowest BCUT2D eigenvalue weighted by molar-refractivity contribution is 0.282. The van der Waals surface area contributed by atoms with Crippen molar-refractivity contribution >= 4 is 38.5 Å². The van der Waals surface area contributed by atoms with Crippen LogP contribution in [0.2, 0.25) is 0 Å². The summed E-state index contributed by atoms with van der Waals surface area (Å²) in [4.78, 5) is 0. The molecule has 2 rings (SSSR count). The number of hydrogen-bond donors (Lipinski definition) is 1. The zero-order chi connectivity index (χ0) is 10.1. The van der Waals surface area contributed by atoms with Crippen molar-refractivity contribution in [2.45, 2.75) is 12.8 Å². The number of ether oxygens (including phenoxy) is 1. The van der Waals surface area contributed by atoms with Crippen LogP contribution in [-0.4, -0.2) is 11.7 Å². The van der Waals surface area contributed by atoms with Crippen LogP contribution in [-0.2, 0) is 0 Å². The summed E-state index contributed by atoms with van der Waals surface area (Å²) in [7, 11) is 0. The Bertz CT molecular complexity index is 350. The predicted molar refractivity (Wildman–Crippen MR) is 66.7 cm³/mol. The van der Waals surface area contributed by atoms with E-state index in [1.165, 1.54) is 12.8 Å². The summed E-state index contributed by atoms with van der Waals surface area (Å²) in [6.45, 7) is 0.722. The number of phenolic OH excluding ortho intramolecular Hbond substituents is 1. The molecule has 4 heteroatoms. The molecule has 1 aromatic rings. The molecule has 14 heavy (non-hydrogen) atoms. The molecule has 0 amide bonds. The Balaban J connectivity index is 2.16. The van der Waals surface area contributed by atoms with Gasteiger partial charge in [0.25, 0.3) is 0 Å². The largest absolute Gasteiger partial charge is 0.504 e. The third-order valence-corrected chi connectivity index (χ3v) is 4.66. The molecule has 1 fully saturated rings. The van der Waals surface area contributed by atoms with Gasteiger partial charge in [0.05, 0.1) is 10.2 Å². The Labute approximate surface area is 105 Å². The molecule has 0 radical (unpaired) electrons. The molecule has 0 aliphatic heterocycles. The second-order valence-electron chi connectivity index (χ2n) is 3.46. The van der Waals surface area contributed by atoms with Crippen molar-refractivity contribution in [1.29, 1.82) is 0 Å². The standard InChI is InChI=1S/C10H10BrIO2/c11-7-3-4-8(13)10(9(7)12)14-5-6-1-2-6/h3-4,6,13H,1-2,5H2. The summed E-state index contributed by atoms with van der Waals surface area (Å²) in [5.74, 6) is 1.52. The molecule has 0 heterocycles. The fourth-order valence-corrected chi connectivity index (χ4v) is 2.07. The van der Waals surface area contributed by atoms with Gasteiger partial charge in [0, 0.05) is 4.47 Å². The molecule has 0 bridgehead atoms. The van der Waals surface area contributed by atoms with Gasteiger partial charge < -0.3 is 9.84 Å². The first kappa shape index (κ1) is 10.5. The predicted octanol–water partition coefficient (Wildman–Crippen LogP) is 3.55. The first-order valence-corrected chi connectivity index (χ1v) is 6.35. The van der Waals surface area contributed by atoms with Crippen molar-refractivity contribution in [2.24, 2.45) is 5.92 Å². The molecule has 0 unspecified atom stereocenters. The van der Waals surface area contributed by atoms with Gasteiger partial charge in [0.15, 0.2) is 11.5 Å². The Kier molecular flexibility index (Phi) is 3.21. The topological polar surface area (TPSA) is 29.5 Å². The molecule has 1 aliphatic rings. The van der Waals surface area contributed by atoms with Crippen molar-refractivity contribution in [3.05, 3.63) is 20.2 Å². The second kappa shape index (κ2) is 4.26. The molecule has 76 valence electrons. The van der Waals surface area contributed by atoms with Crippen LogP contribution < -0.4 is 4.74 Å². The van der Waals surface area contributed by atoms with E-state index in [4.69, 9.17) is 4.74 Å². The number of rotatable bonds is 3. The van der Waals surface area contributed by atoms with Gasteiger partial charge in [-0.05, 0) is 69.4 Å². The second-order valence-corrected chi connectivity index (χ2v) is 5.40. The minimum absolute atomic E-state index is 0.221. The van der Waals surface area contributed by atoms with Crippen LogP contribution in [0.4, 0.5) is 0 Å². The fraction of sp³-hybridized carbons (Fsp3) is 0.400. The molecule has 1 aliphatic carbocycles. The van der Waals surface area contributed by atoms with Crippen molar-refractivity contribution in [1.82, 2.24) is 0 Å². The van der Waals surface area contributed by atoms with E-state index in [-0.39, 0.29) is 5.75 Å². The highest BCUT2D eigenvalue weighted by molar-refractivity contribution is 14.1. The van der Waals surface area contributed by atoms with Crippen LogP contribution in [0.5, 0.6) is 11.5 Å². The highest BCUT2D eigenvalue weighted by Gasteiger charge is 2.23. The van der Waals surface area contributed by atoms with Crippen LogP contribution in [0.15, 0.2) is 16.6 Å². The van der Waals surface area contributed by atoms with E-state index in [0.717, 1.165) is 14.6 Å². The average molecular weight is 369 g/mol. The molecular formula is C10H10BrIO2. The average Bonchev–Trinajstić information content (AvgIpc) is 2.95. The van der Waals surface area contributed by atoms with E-state index >= 15 is 0 Å². The quantitative estimate of drug-likeness (QED) is 0.827. The van der Waals surface area contributed by atoms with Crippen molar-refractivity contribution in [3.8, 4) is 11.5 Å². The number of benzene rings is 1. The molecule has 1 N–H and O–H groups in total. The lowest BCUT2D eigenvalue weighted by Crippen LogP contribution is -2.00. The van der Waals surface area contributed by atoms with E-state index in [9.17, 15) is 5.11 Å². The van der Waals surface area contributed by atoms with Crippen LogP contribution in [0.25, 0.3) is 0 Å². The summed E-state index contributed by atoms with van der Waals surface area (Å²) >= 11 is 5.57. The summed E-state index contributed by atoms with van der Waals surface area (Å²) in [5, 5.41) is 9.60. The van der Waals surface area contributed by atoms with Crippen LogP contribution in [0.3, 0.4) is 0 Å². The Morgan fingerprint density at radius 2 is 2.21 bits per heavy atom. The zero-order valence-electron chi connectivity index (χ0n) is 7.46. The maximum atomic E-state index is 9.60. The van der Waals surface area contributed by atoms with Crippen LogP contribution >= 0.6 is 38.5 Å². The van der Waals surface area contributed by atoms with E-state index in [2.05, 4.69) is 38.5 Å². The molecular weight excluding hydrogens is 359 g/mol. The molecule has 0 saturated heterocycles. The summed E-state index contributed by atoms with van der Waals surface area (Å²) < 4.78 is 7.48. The van der Waals surface area contributed by atoms with Gasteiger partial charge in [-0.3, -0.25) is 0 Å². The Hall–Kier alpha value is 0.0300. The van der Waals surface area contributed by atoms with Gasteiger partial charge in [-0.1, -0.05) is 0 Å². The minimum atomic E-state index is 0.221.